The Kier molecular flexibility index (Phi) is 4.46. The molecule has 1 aromatic heterocycles. The minimum absolute atomic E-state index is 0.170. The van der Waals surface area contributed by atoms with Crippen molar-refractivity contribution in [3.8, 4) is 0 Å². The highest BCUT2D eigenvalue weighted by molar-refractivity contribution is 6.02. The Labute approximate surface area is 112 Å². The zero-order chi connectivity index (χ0) is 13.7. The van der Waals surface area contributed by atoms with E-state index in [1.165, 1.54) is 0 Å². The summed E-state index contributed by atoms with van der Waals surface area (Å²) >= 11 is 0. The van der Waals surface area contributed by atoms with Gasteiger partial charge < -0.3 is 10.2 Å². The van der Waals surface area contributed by atoms with Crippen molar-refractivity contribution in [3.05, 3.63) is 23.9 Å². The van der Waals surface area contributed by atoms with Crippen LogP contribution in [0.2, 0.25) is 0 Å². The third kappa shape index (κ3) is 3.51. The van der Waals surface area contributed by atoms with Crippen molar-refractivity contribution >= 4 is 17.6 Å². The maximum atomic E-state index is 11.4. The number of carbonyl (C=O) groups excluding carboxylic acids is 2. The Bertz CT molecular complexity index is 459. The van der Waals surface area contributed by atoms with Gasteiger partial charge >= 0.3 is 0 Å². The number of nitrogens with one attached hydrogen (secondary N) is 2. The van der Waals surface area contributed by atoms with Crippen LogP contribution in [0.5, 0.6) is 0 Å². The third-order valence-corrected chi connectivity index (χ3v) is 2.86. The van der Waals surface area contributed by atoms with Crippen molar-refractivity contribution in [2.45, 2.75) is 19.9 Å². The second kappa shape index (κ2) is 6.29. The van der Waals surface area contributed by atoms with Crippen molar-refractivity contribution in [3.63, 3.8) is 0 Å². The monoisotopic (exact) mass is 262 g/mol. The van der Waals surface area contributed by atoms with Crippen LogP contribution in [0.1, 0.15) is 18.9 Å². The summed E-state index contributed by atoms with van der Waals surface area (Å²) < 4.78 is 0. The summed E-state index contributed by atoms with van der Waals surface area (Å²) in [5, 5.41) is 5.59. The maximum absolute atomic E-state index is 11.4. The smallest absolute Gasteiger partial charge is 0.246 e. The lowest BCUT2D eigenvalue weighted by Crippen LogP contribution is -2.52. The van der Waals surface area contributed by atoms with E-state index in [-0.39, 0.29) is 24.9 Å². The number of imide groups is 1. The molecule has 2 N–H and O–H groups in total. The Morgan fingerprint density at radius 2 is 2.11 bits per heavy atom. The Morgan fingerprint density at radius 1 is 1.37 bits per heavy atom. The molecule has 2 rings (SSSR count). The molecule has 1 aliphatic rings. The molecule has 0 atom stereocenters. The van der Waals surface area contributed by atoms with E-state index in [2.05, 4.69) is 22.5 Å². The number of carbonyl (C=O) groups is 2. The summed E-state index contributed by atoms with van der Waals surface area (Å²) in [4.78, 5) is 28.8. The molecule has 0 bridgehead atoms. The SMILES string of the molecule is CCCNCc1cccnc1N1CC(=O)NC(=O)C1. The molecule has 1 fully saturated rings. The molecule has 0 aliphatic carbocycles. The van der Waals surface area contributed by atoms with Crippen molar-refractivity contribution < 1.29 is 9.59 Å². The van der Waals surface area contributed by atoms with Gasteiger partial charge in [0.15, 0.2) is 0 Å². The van der Waals surface area contributed by atoms with Gasteiger partial charge in [0.05, 0.1) is 13.1 Å². The zero-order valence-electron chi connectivity index (χ0n) is 11.0. The lowest BCUT2D eigenvalue weighted by atomic mass is 10.2. The number of rotatable bonds is 5. The predicted molar refractivity (Wildman–Crippen MR) is 71.6 cm³/mol. The summed E-state index contributed by atoms with van der Waals surface area (Å²) in [5.41, 5.74) is 0.999. The highest BCUT2D eigenvalue weighted by Gasteiger charge is 2.24. The lowest BCUT2D eigenvalue weighted by molar-refractivity contribution is -0.130. The molecule has 6 heteroatoms. The van der Waals surface area contributed by atoms with Crippen molar-refractivity contribution in [2.75, 3.05) is 24.5 Å². The van der Waals surface area contributed by atoms with Gasteiger partial charge in [-0.05, 0) is 19.0 Å². The molecule has 1 aliphatic heterocycles. The van der Waals surface area contributed by atoms with Crippen LogP contribution in [0, 0.1) is 0 Å². The summed E-state index contributed by atoms with van der Waals surface area (Å²) in [7, 11) is 0. The second-order valence-electron chi connectivity index (χ2n) is 4.49. The number of piperazine rings is 1. The molecule has 6 nitrogen and oxygen atoms in total. The number of nitrogens with zero attached hydrogens (tertiary/aromatic N) is 2. The van der Waals surface area contributed by atoms with Gasteiger partial charge in [0.2, 0.25) is 11.8 Å². The summed E-state index contributed by atoms with van der Waals surface area (Å²) in [6, 6.07) is 3.82. The molecule has 2 heterocycles. The van der Waals surface area contributed by atoms with E-state index >= 15 is 0 Å². The molecule has 0 saturated carbocycles. The zero-order valence-corrected chi connectivity index (χ0v) is 11.0. The average molecular weight is 262 g/mol. The molecule has 2 amide bonds. The molecule has 0 radical (unpaired) electrons. The van der Waals surface area contributed by atoms with E-state index in [1.807, 2.05) is 12.1 Å². The normalized spacial score (nSPS) is 15.5. The van der Waals surface area contributed by atoms with E-state index in [4.69, 9.17) is 0 Å². The van der Waals surface area contributed by atoms with Crippen LogP contribution < -0.4 is 15.5 Å². The number of hydrogen-bond donors (Lipinski definition) is 2. The van der Waals surface area contributed by atoms with Crippen molar-refractivity contribution in [1.82, 2.24) is 15.6 Å². The molecule has 0 spiro atoms. The fourth-order valence-electron chi connectivity index (χ4n) is 2.04. The second-order valence-corrected chi connectivity index (χ2v) is 4.49. The van der Waals surface area contributed by atoms with Gasteiger partial charge in [0, 0.05) is 18.3 Å². The van der Waals surface area contributed by atoms with E-state index in [0.29, 0.717) is 12.4 Å². The fourth-order valence-corrected chi connectivity index (χ4v) is 2.04. The van der Waals surface area contributed by atoms with E-state index in [9.17, 15) is 9.59 Å². The fraction of sp³-hybridized carbons (Fsp3) is 0.462. The van der Waals surface area contributed by atoms with Crippen LogP contribution in [0.15, 0.2) is 18.3 Å². The van der Waals surface area contributed by atoms with Gasteiger partial charge in [0.1, 0.15) is 5.82 Å². The topological polar surface area (TPSA) is 74.3 Å². The Balaban J connectivity index is 2.14. The molecule has 0 unspecified atom stereocenters. The molecule has 1 aromatic rings. The molecule has 102 valence electrons. The molecular formula is C13H18N4O2. The Morgan fingerprint density at radius 3 is 2.79 bits per heavy atom. The summed E-state index contributed by atoms with van der Waals surface area (Å²) in [5.74, 6) is 0.137. The predicted octanol–water partition coefficient (Wildman–Crippen LogP) is 0.0440. The van der Waals surface area contributed by atoms with Crippen LogP contribution in [-0.2, 0) is 16.1 Å². The number of aromatic nitrogens is 1. The largest absolute Gasteiger partial charge is 0.338 e. The highest BCUT2D eigenvalue weighted by atomic mass is 16.2. The van der Waals surface area contributed by atoms with E-state index in [0.717, 1.165) is 18.5 Å². The first-order valence-electron chi connectivity index (χ1n) is 6.43. The number of hydrogen-bond acceptors (Lipinski definition) is 5. The first-order valence-corrected chi connectivity index (χ1v) is 6.43. The van der Waals surface area contributed by atoms with Gasteiger partial charge in [0.25, 0.3) is 0 Å². The number of anilines is 1. The summed E-state index contributed by atoms with van der Waals surface area (Å²) in [6.45, 7) is 4.05. The minimum atomic E-state index is -0.283. The Hall–Kier alpha value is -1.95. The summed E-state index contributed by atoms with van der Waals surface area (Å²) in [6.07, 6.45) is 2.73. The van der Waals surface area contributed by atoms with Crippen LogP contribution >= 0.6 is 0 Å². The third-order valence-electron chi connectivity index (χ3n) is 2.86. The molecular weight excluding hydrogens is 244 g/mol. The first-order chi connectivity index (χ1) is 9.20. The highest BCUT2D eigenvalue weighted by Crippen LogP contribution is 2.17. The van der Waals surface area contributed by atoms with Crippen LogP contribution in [0.4, 0.5) is 5.82 Å². The van der Waals surface area contributed by atoms with Gasteiger partial charge in [-0.15, -0.1) is 0 Å². The minimum Gasteiger partial charge on any atom is -0.338 e. The molecule has 1 saturated heterocycles. The molecule has 0 aromatic carbocycles. The van der Waals surface area contributed by atoms with Crippen molar-refractivity contribution in [2.24, 2.45) is 0 Å². The lowest BCUT2D eigenvalue weighted by Gasteiger charge is -2.28. The maximum Gasteiger partial charge on any atom is 0.246 e. The van der Waals surface area contributed by atoms with Gasteiger partial charge in [-0.2, -0.15) is 0 Å². The van der Waals surface area contributed by atoms with Crippen LogP contribution in [-0.4, -0.2) is 36.4 Å². The van der Waals surface area contributed by atoms with Crippen LogP contribution in [0.25, 0.3) is 0 Å². The molecule has 19 heavy (non-hydrogen) atoms. The quantitative estimate of drug-likeness (QED) is 0.579. The van der Waals surface area contributed by atoms with Gasteiger partial charge in [-0.3, -0.25) is 14.9 Å². The standard InChI is InChI=1S/C13H18N4O2/c1-2-5-14-7-10-4-3-6-15-13(10)17-8-11(18)16-12(19)9-17/h3-4,6,14H,2,5,7-9H2,1H3,(H,16,18,19). The van der Waals surface area contributed by atoms with Crippen LogP contribution in [0.3, 0.4) is 0 Å². The first kappa shape index (κ1) is 13.5. The van der Waals surface area contributed by atoms with Gasteiger partial charge in [-0.1, -0.05) is 13.0 Å². The van der Waals surface area contributed by atoms with E-state index in [1.54, 1.807) is 11.1 Å². The van der Waals surface area contributed by atoms with Gasteiger partial charge in [-0.25, -0.2) is 4.98 Å². The number of amides is 2. The van der Waals surface area contributed by atoms with E-state index < -0.39 is 0 Å². The van der Waals surface area contributed by atoms with Crippen molar-refractivity contribution in [1.29, 1.82) is 0 Å². The average Bonchev–Trinajstić information content (AvgIpc) is 2.38. The number of pyridine rings is 1.